The lowest BCUT2D eigenvalue weighted by atomic mass is 10.2. The second-order valence-corrected chi connectivity index (χ2v) is 8.34. The number of alkyl halides is 3. The lowest BCUT2D eigenvalue weighted by molar-refractivity contribution is -0.137. The van der Waals surface area contributed by atoms with Crippen molar-refractivity contribution >= 4 is 46.3 Å². The minimum absolute atomic E-state index is 0.0508. The molecule has 0 aliphatic carbocycles. The fourth-order valence-corrected chi connectivity index (χ4v) is 4.32. The number of carbonyl (C=O) groups is 1. The molecule has 9 heteroatoms. The summed E-state index contributed by atoms with van der Waals surface area (Å²) in [5.74, 6) is 0.377. The van der Waals surface area contributed by atoms with E-state index in [2.05, 4.69) is 10.3 Å². The number of benzene rings is 2. The van der Waals surface area contributed by atoms with Crippen molar-refractivity contribution in [3.8, 4) is 0 Å². The highest BCUT2D eigenvalue weighted by Gasteiger charge is 2.29. The third-order valence-electron chi connectivity index (χ3n) is 3.62. The van der Waals surface area contributed by atoms with Crippen LogP contribution in [-0.2, 0) is 23.1 Å². The molecular formula is C19H14ClF3N2OS2. The van der Waals surface area contributed by atoms with Crippen molar-refractivity contribution in [1.82, 2.24) is 4.98 Å². The smallest absolute Gasteiger partial charge is 0.326 e. The second kappa shape index (κ2) is 8.98. The molecule has 0 aliphatic rings. The molecule has 1 heterocycles. The van der Waals surface area contributed by atoms with Crippen molar-refractivity contribution in [2.24, 2.45) is 0 Å². The first-order valence-corrected chi connectivity index (χ1v) is 10.3. The van der Waals surface area contributed by atoms with Gasteiger partial charge in [-0.05, 0) is 42.0 Å². The predicted molar refractivity (Wildman–Crippen MR) is 107 cm³/mol. The Morgan fingerprint density at radius 1 is 1.18 bits per heavy atom. The molecule has 146 valence electrons. The van der Waals surface area contributed by atoms with Gasteiger partial charge in [0.25, 0.3) is 0 Å². The van der Waals surface area contributed by atoms with Crippen LogP contribution < -0.4 is 5.32 Å². The van der Waals surface area contributed by atoms with E-state index in [1.807, 2.05) is 24.3 Å². The van der Waals surface area contributed by atoms with Crippen LogP contribution in [0.5, 0.6) is 0 Å². The number of thiazole rings is 1. The summed E-state index contributed by atoms with van der Waals surface area (Å²) >= 11 is 8.95. The third-order valence-corrected chi connectivity index (χ3v) is 6.00. The Balaban J connectivity index is 1.52. The van der Waals surface area contributed by atoms with Crippen LogP contribution in [0.3, 0.4) is 0 Å². The SMILES string of the molecule is O=C(Cc1csc(SCc2cccc(Cl)c2)n1)Nc1ccc(C(F)(F)F)cc1. The zero-order valence-corrected chi connectivity index (χ0v) is 16.7. The Hall–Kier alpha value is -2.03. The Labute approximate surface area is 172 Å². The summed E-state index contributed by atoms with van der Waals surface area (Å²) in [6, 6.07) is 11.9. The molecule has 0 bridgehead atoms. The summed E-state index contributed by atoms with van der Waals surface area (Å²) in [5, 5.41) is 5.06. The van der Waals surface area contributed by atoms with Gasteiger partial charge in [0, 0.05) is 21.8 Å². The maximum absolute atomic E-state index is 12.6. The van der Waals surface area contributed by atoms with Crippen molar-refractivity contribution < 1.29 is 18.0 Å². The van der Waals surface area contributed by atoms with Gasteiger partial charge < -0.3 is 5.32 Å². The summed E-state index contributed by atoms with van der Waals surface area (Å²) < 4.78 is 38.5. The molecule has 3 aromatic rings. The molecule has 0 fully saturated rings. The number of amides is 1. The van der Waals surface area contributed by atoms with Crippen LogP contribution in [-0.4, -0.2) is 10.9 Å². The first-order valence-electron chi connectivity index (χ1n) is 8.08. The molecule has 0 saturated carbocycles. The Kier molecular flexibility index (Phi) is 6.64. The van der Waals surface area contributed by atoms with Gasteiger partial charge in [-0.2, -0.15) is 13.2 Å². The number of thioether (sulfide) groups is 1. The maximum atomic E-state index is 12.6. The topological polar surface area (TPSA) is 42.0 Å². The molecule has 1 aromatic heterocycles. The zero-order chi connectivity index (χ0) is 20.1. The Morgan fingerprint density at radius 3 is 2.61 bits per heavy atom. The van der Waals surface area contributed by atoms with Crippen LogP contribution in [0.15, 0.2) is 58.3 Å². The van der Waals surface area contributed by atoms with E-state index in [0.29, 0.717) is 22.2 Å². The third kappa shape index (κ3) is 5.98. The van der Waals surface area contributed by atoms with E-state index in [0.717, 1.165) is 22.0 Å². The van der Waals surface area contributed by atoms with Gasteiger partial charge in [0.1, 0.15) is 4.34 Å². The molecule has 3 nitrogen and oxygen atoms in total. The number of nitrogens with one attached hydrogen (secondary N) is 1. The molecule has 1 amide bonds. The van der Waals surface area contributed by atoms with Gasteiger partial charge in [-0.15, -0.1) is 11.3 Å². The van der Waals surface area contributed by atoms with Crippen LogP contribution >= 0.6 is 34.7 Å². The minimum atomic E-state index is -4.40. The average molecular weight is 443 g/mol. The molecule has 3 rings (SSSR count). The van der Waals surface area contributed by atoms with E-state index < -0.39 is 11.7 Å². The molecule has 0 unspecified atom stereocenters. The normalized spacial score (nSPS) is 11.4. The van der Waals surface area contributed by atoms with Crippen molar-refractivity contribution in [2.75, 3.05) is 5.32 Å². The molecule has 0 spiro atoms. The predicted octanol–water partition coefficient (Wildman–Crippen LogP) is 6.29. The number of anilines is 1. The molecule has 0 radical (unpaired) electrons. The lowest BCUT2D eigenvalue weighted by Gasteiger charge is -2.08. The fourth-order valence-electron chi connectivity index (χ4n) is 2.32. The molecule has 0 saturated heterocycles. The molecule has 1 N–H and O–H groups in total. The van der Waals surface area contributed by atoms with Crippen LogP contribution in [0.25, 0.3) is 0 Å². The van der Waals surface area contributed by atoms with Crippen LogP contribution in [0.2, 0.25) is 5.02 Å². The number of hydrogen-bond donors (Lipinski definition) is 1. The molecule has 0 aliphatic heterocycles. The highest BCUT2D eigenvalue weighted by Crippen LogP contribution is 2.30. The van der Waals surface area contributed by atoms with Crippen LogP contribution in [0.4, 0.5) is 18.9 Å². The van der Waals surface area contributed by atoms with E-state index in [9.17, 15) is 18.0 Å². The van der Waals surface area contributed by atoms with Crippen LogP contribution in [0.1, 0.15) is 16.8 Å². The molecule has 28 heavy (non-hydrogen) atoms. The monoisotopic (exact) mass is 442 g/mol. The quantitative estimate of drug-likeness (QED) is 0.456. The number of aromatic nitrogens is 1. The van der Waals surface area contributed by atoms with Gasteiger partial charge in [-0.1, -0.05) is 35.5 Å². The van der Waals surface area contributed by atoms with Gasteiger partial charge in [0.15, 0.2) is 0 Å². The molecule has 0 atom stereocenters. The number of nitrogens with zero attached hydrogens (tertiary/aromatic N) is 1. The van der Waals surface area contributed by atoms with Crippen LogP contribution in [0, 0.1) is 0 Å². The largest absolute Gasteiger partial charge is 0.416 e. The molecular weight excluding hydrogens is 429 g/mol. The summed E-state index contributed by atoms with van der Waals surface area (Å²) in [4.78, 5) is 16.5. The van der Waals surface area contributed by atoms with Gasteiger partial charge in [-0.3, -0.25) is 4.79 Å². The average Bonchev–Trinajstić information content (AvgIpc) is 3.07. The van der Waals surface area contributed by atoms with E-state index in [-0.39, 0.29) is 12.3 Å². The zero-order valence-electron chi connectivity index (χ0n) is 14.3. The number of rotatable bonds is 6. The number of hydrogen-bond acceptors (Lipinski definition) is 4. The van der Waals surface area contributed by atoms with E-state index >= 15 is 0 Å². The van der Waals surface area contributed by atoms with Crippen molar-refractivity contribution in [1.29, 1.82) is 0 Å². The van der Waals surface area contributed by atoms with Crippen molar-refractivity contribution in [2.45, 2.75) is 22.7 Å². The minimum Gasteiger partial charge on any atom is -0.326 e. The van der Waals surface area contributed by atoms with Crippen molar-refractivity contribution in [3.63, 3.8) is 0 Å². The van der Waals surface area contributed by atoms with Gasteiger partial charge in [0.2, 0.25) is 5.91 Å². The highest BCUT2D eigenvalue weighted by molar-refractivity contribution is 8.00. The summed E-state index contributed by atoms with van der Waals surface area (Å²) in [6.07, 6.45) is -4.35. The van der Waals surface area contributed by atoms with E-state index in [4.69, 9.17) is 11.6 Å². The number of halogens is 4. The Morgan fingerprint density at radius 2 is 1.93 bits per heavy atom. The van der Waals surface area contributed by atoms with Gasteiger partial charge >= 0.3 is 6.18 Å². The summed E-state index contributed by atoms with van der Waals surface area (Å²) in [7, 11) is 0. The summed E-state index contributed by atoms with van der Waals surface area (Å²) in [5.41, 5.74) is 1.24. The lowest BCUT2D eigenvalue weighted by Crippen LogP contribution is -2.15. The standard InChI is InChI=1S/C19H14ClF3N2OS2/c20-14-3-1-2-12(8-14)10-27-18-25-16(11-28-18)9-17(26)24-15-6-4-13(5-7-15)19(21,22)23/h1-8,11H,9-10H2,(H,24,26). The van der Waals surface area contributed by atoms with E-state index in [1.54, 1.807) is 17.1 Å². The number of carbonyl (C=O) groups excluding carboxylic acids is 1. The Bertz CT molecular complexity index is 958. The second-order valence-electron chi connectivity index (χ2n) is 5.82. The first kappa shape index (κ1) is 20.7. The molecule has 2 aromatic carbocycles. The van der Waals surface area contributed by atoms with Crippen molar-refractivity contribution in [3.05, 3.63) is 75.8 Å². The first-order chi connectivity index (χ1) is 13.3. The fraction of sp³-hybridized carbons (Fsp3) is 0.158. The highest BCUT2D eigenvalue weighted by atomic mass is 35.5. The van der Waals surface area contributed by atoms with Gasteiger partial charge in [-0.25, -0.2) is 4.98 Å². The summed E-state index contributed by atoms with van der Waals surface area (Å²) in [6.45, 7) is 0. The van der Waals surface area contributed by atoms with Gasteiger partial charge in [0.05, 0.1) is 17.7 Å². The maximum Gasteiger partial charge on any atom is 0.416 e. The van der Waals surface area contributed by atoms with E-state index in [1.165, 1.54) is 23.5 Å².